The number of hydrogen-bond donors (Lipinski definition) is 1. The van der Waals surface area contributed by atoms with Crippen molar-refractivity contribution < 1.29 is 14.3 Å². The van der Waals surface area contributed by atoms with Crippen molar-refractivity contribution in [1.82, 2.24) is 14.8 Å². The summed E-state index contributed by atoms with van der Waals surface area (Å²) in [5.41, 5.74) is 2.62. The third-order valence-corrected chi connectivity index (χ3v) is 4.83. The molecule has 0 bridgehead atoms. The van der Waals surface area contributed by atoms with Crippen LogP contribution in [0.15, 0.2) is 36.5 Å². The van der Waals surface area contributed by atoms with Crippen molar-refractivity contribution in [2.75, 3.05) is 33.3 Å². The second-order valence-electron chi connectivity index (χ2n) is 6.43. The van der Waals surface area contributed by atoms with Crippen LogP contribution in [0.2, 0.25) is 0 Å². The second-order valence-corrected chi connectivity index (χ2v) is 6.43. The summed E-state index contributed by atoms with van der Waals surface area (Å²) in [6.45, 7) is 4.30. The highest BCUT2D eigenvalue weighted by Gasteiger charge is 2.25. The summed E-state index contributed by atoms with van der Waals surface area (Å²) in [6.07, 6.45) is 3.00. The summed E-state index contributed by atoms with van der Waals surface area (Å²) < 4.78 is 5.33. The van der Waals surface area contributed by atoms with Crippen LogP contribution in [0, 0.1) is 0 Å². The minimum Gasteiger partial charge on any atom is -0.496 e. The Labute approximate surface area is 153 Å². The van der Waals surface area contributed by atoms with Gasteiger partial charge in [0, 0.05) is 43.6 Å². The Morgan fingerprint density at radius 2 is 1.85 bits per heavy atom. The number of nitrogens with one attached hydrogen (secondary N) is 1. The van der Waals surface area contributed by atoms with Gasteiger partial charge >= 0.3 is 0 Å². The average Bonchev–Trinajstić information content (AvgIpc) is 3.20. The van der Waals surface area contributed by atoms with Crippen molar-refractivity contribution >= 4 is 11.8 Å². The van der Waals surface area contributed by atoms with Crippen molar-refractivity contribution in [3.05, 3.63) is 53.3 Å². The van der Waals surface area contributed by atoms with Crippen LogP contribution in [0.3, 0.4) is 0 Å². The van der Waals surface area contributed by atoms with Gasteiger partial charge in [-0.1, -0.05) is 6.92 Å². The summed E-state index contributed by atoms with van der Waals surface area (Å²) in [5, 5.41) is 0. The third kappa shape index (κ3) is 3.90. The van der Waals surface area contributed by atoms with E-state index in [4.69, 9.17) is 4.74 Å². The Morgan fingerprint density at radius 3 is 2.46 bits per heavy atom. The van der Waals surface area contributed by atoms with Crippen molar-refractivity contribution in [3.8, 4) is 5.75 Å². The smallest absolute Gasteiger partial charge is 0.253 e. The predicted octanol–water partition coefficient (Wildman–Crippen LogP) is 2.11. The van der Waals surface area contributed by atoms with Gasteiger partial charge in [0.2, 0.25) is 5.91 Å². The number of methoxy groups -OCH3 is 1. The first kappa shape index (κ1) is 18.0. The predicted molar refractivity (Wildman–Crippen MR) is 99.4 cm³/mol. The molecule has 1 aromatic heterocycles. The molecule has 0 radical (unpaired) electrons. The Hall–Kier alpha value is -2.76. The lowest BCUT2D eigenvalue weighted by molar-refractivity contribution is -0.132. The first-order valence-electron chi connectivity index (χ1n) is 8.98. The quantitative estimate of drug-likeness (QED) is 0.893. The van der Waals surface area contributed by atoms with Crippen LogP contribution in [0.4, 0.5) is 0 Å². The van der Waals surface area contributed by atoms with Crippen molar-refractivity contribution in [2.24, 2.45) is 0 Å². The molecule has 6 nitrogen and oxygen atoms in total. The molecule has 26 heavy (non-hydrogen) atoms. The molecule has 0 atom stereocenters. The number of aryl methyl sites for hydroxylation is 1. The van der Waals surface area contributed by atoms with Crippen LogP contribution in [-0.2, 0) is 17.6 Å². The standard InChI is InChI=1S/C20H25N3O3/c1-3-15-13-16(6-7-18(15)26-2)20(25)23-11-9-22(10-12-23)19(24)14-17-5-4-8-21-17/h4-8,13,21H,3,9-12,14H2,1-2H3. The molecule has 0 aliphatic carbocycles. The maximum Gasteiger partial charge on any atom is 0.253 e. The minimum absolute atomic E-state index is 0.0128. The van der Waals surface area contributed by atoms with Crippen molar-refractivity contribution in [3.63, 3.8) is 0 Å². The van der Waals surface area contributed by atoms with Crippen LogP contribution in [0.1, 0.15) is 28.5 Å². The molecule has 3 rings (SSSR count). The molecule has 1 aliphatic heterocycles. The normalized spacial score (nSPS) is 14.4. The first-order valence-corrected chi connectivity index (χ1v) is 8.98. The van der Waals surface area contributed by atoms with E-state index in [0.29, 0.717) is 38.2 Å². The molecule has 1 saturated heterocycles. The molecule has 1 aliphatic rings. The second kappa shape index (κ2) is 8.08. The van der Waals surface area contributed by atoms with Gasteiger partial charge in [-0.05, 0) is 42.3 Å². The SMILES string of the molecule is CCc1cc(C(=O)N2CCN(C(=O)Cc3ccc[nH]3)CC2)ccc1OC. The fourth-order valence-electron chi connectivity index (χ4n) is 3.28. The number of rotatable bonds is 5. The largest absolute Gasteiger partial charge is 0.496 e. The van der Waals surface area contributed by atoms with Crippen LogP contribution in [0.25, 0.3) is 0 Å². The summed E-state index contributed by atoms with van der Waals surface area (Å²) in [6, 6.07) is 9.36. The molecule has 2 aromatic rings. The Morgan fingerprint density at radius 1 is 1.12 bits per heavy atom. The van der Waals surface area contributed by atoms with Gasteiger partial charge in [-0.2, -0.15) is 0 Å². The number of piperazine rings is 1. The first-order chi connectivity index (χ1) is 12.6. The molecule has 0 unspecified atom stereocenters. The molecular formula is C20H25N3O3. The van der Waals surface area contributed by atoms with E-state index in [-0.39, 0.29) is 11.8 Å². The van der Waals surface area contributed by atoms with E-state index in [1.807, 2.05) is 53.3 Å². The molecule has 0 spiro atoms. The number of carbonyl (C=O) groups excluding carboxylic acids is 2. The van der Waals surface area contributed by atoms with E-state index in [2.05, 4.69) is 4.98 Å². The number of H-pyrrole nitrogens is 1. The zero-order chi connectivity index (χ0) is 18.5. The van der Waals surface area contributed by atoms with Gasteiger partial charge in [0.15, 0.2) is 0 Å². The Kier molecular flexibility index (Phi) is 5.61. The molecule has 2 heterocycles. The highest BCUT2D eigenvalue weighted by atomic mass is 16.5. The lowest BCUT2D eigenvalue weighted by Crippen LogP contribution is -2.51. The highest BCUT2D eigenvalue weighted by molar-refractivity contribution is 5.95. The number of amides is 2. The maximum absolute atomic E-state index is 12.8. The van der Waals surface area contributed by atoms with Crippen LogP contribution >= 0.6 is 0 Å². The Bertz CT molecular complexity index is 763. The zero-order valence-corrected chi connectivity index (χ0v) is 15.3. The lowest BCUT2D eigenvalue weighted by Gasteiger charge is -2.35. The number of hydrogen-bond acceptors (Lipinski definition) is 3. The number of ether oxygens (including phenoxy) is 1. The van der Waals surface area contributed by atoms with E-state index in [9.17, 15) is 9.59 Å². The number of carbonyl (C=O) groups is 2. The van der Waals surface area contributed by atoms with Crippen LogP contribution < -0.4 is 4.74 Å². The topological polar surface area (TPSA) is 65.6 Å². The molecule has 1 N–H and O–H groups in total. The van der Waals surface area contributed by atoms with Gasteiger partial charge in [0.1, 0.15) is 5.75 Å². The maximum atomic E-state index is 12.8. The monoisotopic (exact) mass is 355 g/mol. The number of aromatic nitrogens is 1. The molecular weight excluding hydrogens is 330 g/mol. The molecule has 138 valence electrons. The minimum atomic E-state index is 0.0128. The molecule has 6 heteroatoms. The highest BCUT2D eigenvalue weighted by Crippen LogP contribution is 2.21. The van der Waals surface area contributed by atoms with E-state index in [1.165, 1.54) is 0 Å². The van der Waals surface area contributed by atoms with Crippen LogP contribution in [0.5, 0.6) is 5.75 Å². The molecule has 2 amide bonds. The Balaban J connectivity index is 1.59. The van der Waals surface area contributed by atoms with Gasteiger partial charge in [0.25, 0.3) is 5.91 Å². The fourth-order valence-corrected chi connectivity index (χ4v) is 3.28. The summed E-state index contributed by atoms with van der Waals surface area (Å²) in [4.78, 5) is 31.8. The van der Waals surface area contributed by atoms with E-state index in [1.54, 1.807) is 7.11 Å². The van der Waals surface area contributed by atoms with Gasteiger partial charge in [-0.25, -0.2) is 0 Å². The number of benzene rings is 1. The summed E-state index contributed by atoms with van der Waals surface area (Å²) in [7, 11) is 1.64. The van der Waals surface area contributed by atoms with Crippen molar-refractivity contribution in [2.45, 2.75) is 19.8 Å². The molecule has 1 aromatic carbocycles. The van der Waals surface area contributed by atoms with E-state index in [0.717, 1.165) is 23.4 Å². The van der Waals surface area contributed by atoms with Gasteiger partial charge in [-0.3, -0.25) is 9.59 Å². The summed E-state index contributed by atoms with van der Waals surface area (Å²) >= 11 is 0. The van der Waals surface area contributed by atoms with Gasteiger partial charge in [0.05, 0.1) is 13.5 Å². The number of aromatic amines is 1. The lowest BCUT2D eigenvalue weighted by atomic mass is 10.1. The van der Waals surface area contributed by atoms with Crippen LogP contribution in [-0.4, -0.2) is 59.9 Å². The number of nitrogens with zero attached hydrogens (tertiary/aromatic N) is 2. The van der Waals surface area contributed by atoms with Gasteiger partial charge in [-0.15, -0.1) is 0 Å². The molecule has 1 fully saturated rings. The average molecular weight is 355 g/mol. The third-order valence-electron chi connectivity index (χ3n) is 4.83. The fraction of sp³-hybridized carbons (Fsp3) is 0.400. The van der Waals surface area contributed by atoms with Crippen molar-refractivity contribution in [1.29, 1.82) is 0 Å². The van der Waals surface area contributed by atoms with Gasteiger partial charge < -0.3 is 19.5 Å². The zero-order valence-electron chi connectivity index (χ0n) is 15.3. The summed E-state index contributed by atoms with van der Waals surface area (Å²) in [5.74, 6) is 0.917. The van der Waals surface area contributed by atoms with E-state index < -0.39 is 0 Å². The van der Waals surface area contributed by atoms with E-state index >= 15 is 0 Å². The molecule has 0 saturated carbocycles.